The summed E-state index contributed by atoms with van der Waals surface area (Å²) in [6.07, 6.45) is 2.23. The number of hydrogen-bond acceptors (Lipinski definition) is 6. The number of carbonyl (C=O) groups is 2. The fourth-order valence-corrected chi connectivity index (χ4v) is 3.15. The normalized spacial score (nSPS) is 14.3. The van der Waals surface area contributed by atoms with Crippen LogP contribution in [0.3, 0.4) is 0 Å². The van der Waals surface area contributed by atoms with Crippen LogP contribution in [-0.2, 0) is 18.4 Å². The Labute approximate surface area is 180 Å². The Kier molecular flexibility index (Phi) is 6.02. The zero-order chi connectivity index (χ0) is 23.6. The summed E-state index contributed by atoms with van der Waals surface area (Å²) < 4.78 is 1.38. The third-order valence-electron chi connectivity index (χ3n) is 4.90. The van der Waals surface area contributed by atoms with Gasteiger partial charge in [0.1, 0.15) is 17.3 Å². The molecule has 1 unspecified atom stereocenters. The lowest BCUT2D eigenvalue weighted by Gasteiger charge is -2.13. The first-order valence-corrected chi connectivity index (χ1v) is 9.40. The zero-order valence-electron chi connectivity index (χ0n) is 16.9. The number of Topliss-reactive ketones (excluding diaryl/α,β-unsaturated/α-hetero) is 1. The molecule has 32 heavy (non-hydrogen) atoms. The van der Waals surface area contributed by atoms with Gasteiger partial charge in [0, 0.05) is 24.7 Å². The number of carbonyl (C=O) groups excluding carboxylic acids is 1. The summed E-state index contributed by atoms with van der Waals surface area (Å²) in [6, 6.07) is 6.46. The van der Waals surface area contributed by atoms with Crippen molar-refractivity contribution in [2.75, 3.05) is 0 Å². The summed E-state index contributed by atoms with van der Waals surface area (Å²) in [6.45, 7) is -0.542. The van der Waals surface area contributed by atoms with Gasteiger partial charge in [-0.25, -0.2) is 0 Å². The van der Waals surface area contributed by atoms with Crippen LogP contribution in [0.15, 0.2) is 44.7 Å². The topological polar surface area (TPSA) is 165 Å². The SMILES string of the molecule is Cn1c2c(c(=O)n(CCC(=O)O)c(=O)c1=O)C(=O)C(C#Cc1ccc(C(=N)N)cc1)C=C2. The van der Waals surface area contributed by atoms with Crippen molar-refractivity contribution in [3.8, 4) is 11.8 Å². The van der Waals surface area contributed by atoms with Crippen molar-refractivity contribution in [1.29, 1.82) is 5.41 Å². The van der Waals surface area contributed by atoms with Gasteiger partial charge >= 0.3 is 17.1 Å². The van der Waals surface area contributed by atoms with Crippen LogP contribution in [0, 0.1) is 23.2 Å². The molecule has 0 saturated carbocycles. The van der Waals surface area contributed by atoms with Crippen LogP contribution in [0.4, 0.5) is 0 Å². The number of nitrogens with two attached hydrogens (primary N) is 1. The number of carboxylic acids is 1. The van der Waals surface area contributed by atoms with Crippen molar-refractivity contribution in [2.45, 2.75) is 13.0 Å². The van der Waals surface area contributed by atoms with Crippen molar-refractivity contribution >= 4 is 23.7 Å². The van der Waals surface area contributed by atoms with E-state index in [1.54, 1.807) is 24.3 Å². The molecule has 1 aromatic carbocycles. The Morgan fingerprint density at radius 3 is 2.38 bits per heavy atom. The van der Waals surface area contributed by atoms with Crippen LogP contribution >= 0.6 is 0 Å². The quantitative estimate of drug-likeness (QED) is 0.253. The van der Waals surface area contributed by atoms with Crippen LogP contribution in [0.25, 0.3) is 6.08 Å². The first-order valence-electron chi connectivity index (χ1n) is 9.40. The highest BCUT2D eigenvalue weighted by Crippen LogP contribution is 2.18. The fraction of sp³-hybridized carbons (Fsp3) is 0.182. The minimum Gasteiger partial charge on any atom is -0.481 e. The summed E-state index contributed by atoms with van der Waals surface area (Å²) >= 11 is 0. The van der Waals surface area contributed by atoms with Gasteiger partial charge in [-0.15, -0.1) is 0 Å². The fourth-order valence-electron chi connectivity index (χ4n) is 3.15. The van der Waals surface area contributed by atoms with E-state index >= 15 is 0 Å². The molecule has 0 fully saturated rings. The Balaban J connectivity index is 2.09. The van der Waals surface area contributed by atoms with Gasteiger partial charge in [0.25, 0.3) is 5.56 Å². The number of carboxylic acid groups (broad SMARTS) is 1. The third kappa shape index (κ3) is 4.17. The number of nitrogens with one attached hydrogen (secondary N) is 1. The Hall–Kier alpha value is -4.52. The van der Waals surface area contributed by atoms with E-state index in [0.717, 1.165) is 4.57 Å². The molecular formula is C22H18N4O6. The standard InChI is InChI=1S/C22H18N4O6/c1-25-15-9-8-13(5-2-12-3-6-14(7-4-12)19(23)24)18(29)17(15)20(30)26(11-10-16(27)28)22(32)21(25)31/h3-4,6-9,13H,10-11H2,1H3,(H3,23,24)(H,27,28). The molecule has 1 aromatic heterocycles. The van der Waals surface area contributed by atoms with Crippen molar-refractivity contribution < 1.29 is 14.7 Å². The number of allylic oxidation sites excluding steroid dienone is 1. The number of rotatable bonds is 4. The van der Waals surface area contributed by atoms with E-state index in [-0.39, 0.29) is 11.5 Å². The van der Waals surface area contributed by atoms with Crippen LogP contribution in [-0.4, -0.2) is 31.8 Å². The highest BCUT2D eigenvalue weighted by molar-refractivity contribution is 6.05. The van der Waals surface area contributed by atoms with Gasteiger partial charge in [-0.2, -0.15) is 0 Å². The van der Waals surface area contributed by atoms with E-state index in [1.807, 2.05) is 0 Å². The zero-order valence-corrected chi connectivity index (χ0v) is 16.9. The van der Waals surface area contributed by atoms with Crippen LogP contribution < -0.4 is 22.4 Å². The molecule has 0 bridgehead atoms. The molecular weight excluding hydrogens is 416 g/mol. The maximum Gasteiger partial charge on any atom is 0.319 e. The molecule has 4 N–H and O–H groups in total. The monoisotopic (exact) mass is 434 g/mol. The molecule has 0 radical (unpaired) electrons. The second kappa shape index (κ2) is 8.69. The average molecular weight is 434 g/mol. The van der Waals surface area contributed by atoms with Crippen LogP contribution in [0.1, 0.15) is 33.6 Å². The van der Waals surface area contributed by atoms with Gasteiger partial charge < -0.3 is 15.4 Å². The lowest BCUT2D eigenvalue weighted by atomic mass is 9.92. The van der Waals surface area contributed by atoms with E-state index in [9.17, 15) is 24.0 Å². The summed E-state index contributed by atoms with van der Waals surface area (Å²) in [5.41, 5.74) is 2.74. The molecule has 1 atom stereocenters. The Morgan fingerprint density at radius 1 is 1.12 bits per heavy atom. The van der Waals surface area contributed by atoms with E-state index in [4.69, 9.17) is 16.2 Å². The van der Waals surface area contributed by atoms with Crippen molar-refractivity contribution in [1.82, 2.24) is 9.13 Å². The number of nitrogens with zero attached hydrogens (tertiary/aromatic N) is 2. The number of benzene rings is 1. The minimum absolute atomic E-state index is 0.0416. The first-order chi connectivity index (χ1) is 15.1. The van der Waals surface area contributed by atoms with E-state index in [0.29, 0.717) is 15.7 Å². The number of fused-ring (bicyclic) bond motifs is 1. The number of hydrogen-bond donors (Lipinski definition) is 3. The van der Waals surface area contributed by atoms with Gasteiger partial charge in [-0.1, -0.05) is 30.0 Å². The van der Waals surface area contributed by atoms with Crippen LogP contribution in [0.2, 0.25) is 0 Å². The molecule has 1 aliphatic rings. The summed E-state index contributed by atoms with van der Waals surface area (Å²) in [4.78, 5) is 61.7. The van der Waals surface area contributed by atoms with Crippen molar-refractivity contribution in [3.05, 3.63) is 83.8 Å². The highest BCUT2D eigenvalue weighted by atomic mass is 16.4. The number of nitrogen functional groups attached to an aromatic ring is 1. The van der Waals surface area contributed by atoms with E-state index < -0.39 is 52.9 Å². The van der Waals surface area contributed by atoms with E-state index in [2.05, 4.69) is 11.8 Å². The maximum atomic E-state index is 13.1. The maximum absolute atomic E-state index is 13.1. The number of amidine groups is 1. The second-order valence-electron chi connectivity index (χ2n) is 6.99. The highest BCUT2D eigenvalue weighted by Gasteiger charge is 2.28. The molecule has 1 aliphatic carbocycles. The predicted octanol–water partition coefficient (Wildman–Crippen LogP) is -0.457. The molecule has 0 aliphatic heterocycles. The van der Waals surface area contributed by atoms with Crippen LogP contribution in [0.5, 0.6) is 0 Å². The summed E-state index contributed by atoms with van der Waals surface area (Å²) in [5.74, 6) is 2.49. The molecule has 10 heteroatoms. The molecule has 0 saturated heterocycles. The van der Waals surface area contributed by atoms with Gasteiger partial charge in [0.15, 0.2) is 5.78 Å². The van der Waals surface area contributed by atoms with Gasteiger partial charge in [-0.3, -0.25) is 33.9 Å². The number of aromatic nitrogens is 2. The molecule has 2 aromatic rings. The number of ketones is 1. The predicted molar refractivity (Wildman–Crippen MR) is 116 cm³/mol. The van der Waals surface area contributed by atoms with Gasteiger partial charge in [0.05, 0.1) is 12.1 Å². The number of aliphatic carboxylic acids is 1. The van der Waals surface area contributed by atoms with E-state index in [1.165, 1.54) is 19.2 Å². The van der Waals surface area contributed by atoms with Crippen molar-refractivity contribution in [2.24, 2.45) is 18.7 Å². The van der Waals surface area contributed by atoms with Crippen molar-refractivity contribution in [3.63, 3.8) is 0 Å². The Morgan fingerprint density at radius 2 is 1.78 bits per heavy atom. The third-order valence-corrected chi connectivity index (χ3v) is 4.90. The smallest absolute Gasteiger partial charge is 0.319 e. The Bertz CT molecular complexity index is 1420. The molecule has 0 amide bonds. The molecule has 0 spiro atoms. The molecule has 10 nitrogen and oxygen atoms in total. The lowest BCUT2D eigenvalue weighted by molar-refractivity contribution is -0.137. The lowest BCUT2D eigenvalue weighted by Crippen LogP contribution is -2.42. The largest absolute Gasteiger partial charge is 0.481 e. The molecule has 162 valence electrons. The summed E-state index contributed by atoms with van der Waals surface area (Å²) in [7, 11) is 1.25. The summed E-state index contributed by atoms with van der Waals surface area (Å²) in [5, 5.41) is 16.3. The van der Waals surface area contributed by atoms with Gasteiger partial charge in [-0.05, 0) is 18.2 Å². The minimum atomic E-state index is -1.26. The average Bonchev–Trinajstić information content (AvgIpc) is 2.82. The molecule has 1 heterocycles. The second-order valence-corrected chi connectivity index (χ2v) is 6.99. The van der Waals surface area contributed by atoms with Gasteiger partial charge in [0.2, 0.25) is 0 Å². The first kappa shape index (κ1) is 22.2. The molecule has 3 rings (SSSR count).